The van der Waals surface area contributed by atoms with Gasteiger partial charge in [-0.05, 0) is 19.4 Å². The predicted molar refractivity (Wildman–Crippen MR) is 52.1 cm³/mol. The van der Waals surface area contributed by atoms with Gasteiger partial charge in [-0.15, -0.1) is 0 Å². The quantitative estimate of drug-likeness (QED) is 0.789. The molecule has 1 N–H and O–H groups in total. The highest BCUT2D eigenvalue weighted by atomic mass is 19.3. The zero-order valence-corrected chi connectivity index (χ0v) is 8.88. The molecule has 0 radical (unpaired) electrons. The van der Waals surface area contributed by atoms with Crippen molar-refractivity contribution in [1.82, 2.24) is 4.90 Å². The van der Waals surface area contributed by atoms with Crippen LogP contribution < -0.4 is 0 Å². The van der Waals surface area contributed by atoms with Crippen molar-refractivity contribution in [2.45, 2.75) is 44.6 Å². The van der Waals surface area contributed by atoms with Gasteiger partial charge >= 0.3 is 5.97 Å². The maximum absolute atomic E-state index is 12.8. The largest absolute Gasteiger partial charge is 0.481 e. The molecule has 88 valence electrons. The summed E-state index contributed by atoms with van der Waals surface area (Å²) in [5.41, 5.74) is 0. The normalized spacial score (nSPS) is 24.1. The zero-order chi connectivity index (χ0) is 11.5. The van der Waals surface area contributed by atoms with Gasteiger partial charge in [0.2, 0.25) is 0 Å². The van der Waals surface area contributed by atoms with Gasteiger partial charge in [-0.1, -0.05) is 6.42 Å². The van der Waals surface area contributed by atoms with Crippen molar-refractivity contribution < 1.29 is 18.7 Å². The summed E-state index contributed by atoms with van der Waals surface area (Å²) in [6.45, 7) is 1.13. The Labute approximate surface area is 88.1 Å². The van der Waals surface area contributed by atoms with E-state index in [1.807, 2.05) is 0 Å². The average molecular weight is 221 g/mol. The van der Waals surface area contributed by atoms with Crippen molar-refractivity contribution in [1.29, 1.82) is 0 Å². The third-order valence-electron chi connectivity index (χ3n) is 2.64. The molecule has 0 aromatic heterocycles. The Kier molecular flexibility index (Phi) is 4.02. The molecule has 1 heterocycles. The smallest absolute Gasteiger partial charge is 0.304 e. The number of carboxylic acid groups (broad SMARTS) is 1. The number of nitrogens with zero attached hydrogens (tertiary/aromatic N) is 1. The van der Waals surface area contributed by atoms with Crippen LogP contribution in [0.25, 0.3) is 0 Å². The van der Waals surface area contributed by atoms with E-state index in [0.29, 0.717) is 13.0 Å². The lowest BCUT2D eigenvalue weighted by Crippen LogP contribution is -2.46. The highest BCUT2D eigenvalue weighted by molar-refractivity contribution is 5.67. The molecule has 1 saturated heterocycles. The Morgan fingerprint density at radius 3 is 2.73 bits per heavy atom. The molecule has 0 aliphatic carbocycles. The van der Waals surface area contributed by atoms with Crippen LogP contribution in [0, 0.1) is 0 Å². The molecule has 0 bridgehead atoms. The monoisotopic (exact) mass is 221 g/mol. The van der Waals surface area contributed by atoms with Crippen LogP contribution in [0.15, 0.2) is 0 Å². The van der Waals surface area contributed by atoms with E-state index in [4.69, 9.17) is 5.11 Å². The van der Waals surface area contributed by atoms with Crippen LogP contribution in [0.2, 0.25) is 0 Å². The second-order valence-corrected chi connectivity index (χ2v) is 4.29. The molecule has 0 aromatic rings. The minimum absolute atomic E-state index is 0.0317. The second-order valence-electron chi connectivity index (χ2n) is 4.29. The molecule has 1 unspecified atom stereocenters. The fraction of sp³-hybridized carbons (Fsp3) is 0.900. The summed E-state index contributed by atoms with van der Waals surface area (Å²) in [5.74, 6) is -3.65. The molecule has 1 aliphatic rings. The summed E-state index contributed by atoms with van der Waals surface area (Å²) in [5, 5.41) is 8.67. The summed E-state index contributed by atoms with van der Waals surface area (Å²) < 4.78 is 25.7. The van der Waals surface area contributed by atoms with Crippen LogP contribution in [-0.2, 0) is 4.79 Å². The van der Waals surface area contributed by atoms with Crippen LogP contribution in [0.3, 0.4) is 0 Å². The van der Waals surface area contributed by atoms with Crippen LogP contribution >= 0.6 is 0 Å². The van der Waals surface area contributed by atoms with Crippen molar-refractivity contribution in [3.63, 3.8) is 0 Å². The molecule has 0 saturated carbocycles. The standard InChI is InChI=1S/C10H17F2NO2/c1-10(11,12)7-13-5-3-2-4-8(13)6-9(14)15/h8H,2-7H2,1H3,(H,14,15). The number of carboxylic acids is 1. The summed E-state index contributed by atoms with van der Waals surface area (Å²) in [4.78, 5) is 12.2. The number of aliphatic carboxylic acids is 1. The first-order chi connectivity index (χ1) is 6.88. The predicted octanol–water partition coefficient (Wildman–Crippen LogP) is 1.97. The van der Waals surface area contributed by atoms with Gasteiger partial charge in [-0.25, -0.2) is 8.78 Å². The summed E-state index contributed by atoms with van der Waals surface area (Å²) in [7, 11) is 0. The van der Waals surface area contributed by atoms with Gasteiger partial charge in [-0.2, -0.15) is 0 Å². The maximum Gasteiger partial charge on any atom is 0.304 e. The highest BCUT2D eigenvalue weighted by Crippen LogP contribution is 2.23. The molecule has 0 spiro atoms. The number of likely N-dealkylation sites (tertiary alicyclic amines) is 1. The van der Waals surface area contributed by atoms with E-state index in [1.54, 1.807) is 4.90 Å². The molecular formula is C10H17F2NO2. The Morgan fingerprint density at radius 1 is 1.53 bits per heavy atom. The molecule has 1 aliphatic heterocycles. The lowest BCUT2D eigenvalue weighted by molar-refractivity contribution is -0.139. The van der Waals surface area contributed by atoms with E-state index in [2.05, 4.69) is 0 Å². The highest BCUT2D eigenvalue weighted by Gasteiger charge is 2.31. The fourth-order valence-electron chi connectivity index (χ4n) is 2.06. The Morgan fingerprint density at radius 2 is 2.20 bits per heavy atom. The fourth-order valence-corrected chi connectivity index (χ4v) is 2.06. The van der Waals surface area contributed by atoms with E-state index in [1.165, 1.54) is 0 Å². The van der Waals surface area contributed by atoms with E-state index in [0.717, 1.165) is 19.8 Å². The van der Waals surface area contributed by atoms with Gasteiger partial charge in [0.15, 0.2) is 0 Å². The zero-order valence-electron chi connectivity index (χ0n) is 8.88. The first kappa shape index (κ1) is 12.4. The van der Waals surface area contributed by atoms with Crippen molar-refractivity contribution >= 4 is 5.97 Å². The Hall–Kier alpha value is -0.710. The number of carbonyl (C=O) groups is 1. The molecule has 15 heavy (non-hydrogen) atoms. The summed E-state index contributed by atoms with van der Waals surface area (Å²) in [6, 6.07) is -0.220. The van der Waals surface area contributed by atoms with E-state index >= 15 is 0 Å². The number of piperidine rings is 1. The average Bonchev–Trinajstić information content (AvgIpc) is 2.05. The lowest BCUT2D eigenvalue weighted by atomic mass is 9.99. The SMILES string of the molecule is CC(F)(F)CN1CCCCC1CC(=O)O. The molecule has 5 heteroatoms. The minimum atomic E-state index is -2.74. The number of hydrogen-bond donors (Lipinski definition) is 1. The molecule has 1 fully saturated rings. The van der Waals surface area contributed by atoms with Crippen molar-refractivity contribution in [3.8, 4) is 0 Å². The van der Waals surface area contributed by atoms with Gasteiger partial charge < -0.3 is 5.11 Å². The molecular weight excluding hydrogens is 204 g/mol. The van der Waals surface area contributed by atoms with E-state index < -0.39 is 11.9 Å². The molecule has 0 amide bonds. The molecule has 1 atom stereocenters. The number of rotatable bonds is 4. The Balaban J connectivity index is 2.53. The molecule has 3 nitrogen and oxygen atoms in total. The third-order valence-corrected chi connectivity index (χ3v) is 2.64. The first-order valence-electron chi connectivity index (χ1n) is 5.22. The third kappa shape index (κ3) is 4.55. The van der Waals surface area contributed by atoms with Crippen molar-refractivity contribution in [2.24, 2.45) is 0 Å². The number of alkyl halides is 2. The van der Waals surface area contributed by atoms with Crippen molar-refractivity contribution in [3.05, 3.63) is 0 Å². The summed E-state index contributed by atoms with van der Waals surface area (Å²) in [6.07, 6.45) is 2.49. The molecule has 1 rings (SSSR count). The van der Waals surface area contributed by atoms with Gasteiger partial charge in [0.05, 0.1) is 13.0 Å². The minimum Gasteiger partial charge on any atom is -0.481 e. The van der Waals surface area contributed by atoms with Crippen LogP contribution in [0.1, 0.15) is 32.6 Å². The Bertz CT molecular complexity index is 228. The number of halogens is 2. The van der Waals surface area contributed by atoms with Crippen LogP contribution in [0.5, 0.6) is 0 Å². The van der Waals surface area contributed by atoms with E-state index in [-0.39, 0.29) is 19.0 Å². The van der Waals surface area contributed by atoms with E-state index in [9.17, 15) is 13.6 Å². The van der Waals surface area contributed by atoms with Crippen LogP contribution in [-0.4, -0.2) is 41.0 Å². The van der Waals surface area contributed by atoms with Gasteiger partial charge in [-0.3, -0.25) is 9.69 Å². The number of hydrogen-bond acceptors (Lipinski definition) is 2. The van der Waals surface area contributed by atoms with Crippen LogP contribution in [0.4, 0.5) is 8.78 Å². The maximum atomic E-state index is 12.8. The van der Waals surface area contributed by atoms with Gasteiger partial charge in [0, 0.05) is 13.0 Å². The first-order valence-corrected chi connectivity index (χ1v) is 5.22. The summed E-state index contributed by atoms with van der Waals surface area (Å²) >= 11 is 0. The lowest BCUT2D eigenvalue weighted by Gasteiger charge is -2.36. The van der Waals surface area contributed by atoms with Gasteiger partial charge in [0.25, 0.3) is 5.92 Å². The second kappa shape index (κ2) is 4.88. The topological polar surface area (TPSA) is 40.5 Å². The van der Waals surface area contributed by atoms with Crippen molar-refractivity contribution in [2.75, 3.05) is 13.1 Å². The van der Waals surface area contributed by atoms with Gasteiger partial charge in [0.1, 0.15) is 0 Å². The molecule has 0 aromatic carbocycles.